The molecule has 1 aliphatic rings. The van der Waals surface area contributed by atoms with E-state index in [1.54, 1.807) is 7.11 Å². The topological polar surface area (TPSA) is 33.0 Å². The third-order valence-electron chi connectivity index (χ3n) is 2.61. The summed E-state index contributed by atoms with van der Waals surface area (Å²) in [6, 6.07) is 4.00. The highest BCUT2D eigenvalue weighted by molar-refractivity contribution is 6.33. The summed E-state index contributed by atoms with van der Waals surface area (Å²) in [4.78, 5) is 0. The fourth-order valence-electron chi connectivity index (χ4n) is 1.95. The zero-order valence-corrected chi connectivity index (χ0v) is 8.69. The van der Waals surface area contributed by atoms with E-state index in [-0.39, 0.29) is 0 Å². The van der Waals surface area contributed by atoms with Crippen molar-refractivity contribution in [2.45, 2.75) is 19.3 Å². The first kappa shape index (κ1) is 9.36. The van der Waals surface area contributed by atoms with Gasteiger partial charge >= 0.3 is 0 Å². The number of aryl methyl sites for hydroxylation is 1. The number of halogens is 1. The molecule has 0 saturated carbocycles. The second kappa shape index (κ2) is 3.51. The van der Waals surface area contributed by atoms with Crippen molar-refractivity contribution in [2.75, 3.05) is 7.11 Å². The highest BCUT2D eigenvalue weighted by Crippen LogP contribution is 2.38. The van der Waals surface area contributed by atoms with Crippen LogP contribution in [-0.4, -0.2) is 7.11 Å². The number of rotatable bonds is 1. The highest BCUT2D eigenvalue weighted by Gasteiger charge is 2.20. The highest BCUT2D eigenvalue weighted by atomic mass is 35.5. The number of benzene rings is 1. The molecule has 2 rings (SSSR count). The maximum Gasteiger partial charge on any atom is 0.155 e. The summed E-state index contributed by atoms with van der Waals surface area (Å²) in [6.07, 6.45) is 3.14. The Balaban J connectivity index is 2.67. The molecular weight excluding hydrogens is 198 g/mol. The predicted octanol–water partition coefficient (Wildman–Crippen LogP) is 2.71. The van der Waals surface area contributed by atoms with Gasteiger partial charge in [-0.05, 0) is 36.5 Å². The summed E-state index contributed by atoms with van der Waals surface area (Å²) in [6.45, 7) is 0. The summed E-state index contributed by atoms with van der Waals surface area (Å²) >= 11 is 6.16. The summed E-state index contributed by atoms with van der Waals surface area (Å²) in [7, 11) is 1.55. The lowest BCUT2D eigenvalue weighted by atomic mass is 10.1. The Bertz CT molecular complexity index is 420. The van der Waals surface area contributed by atoms with E-state index in [0.29, 0.717) is 16.3 Å². The van der Waals surface area contributed by atoms with E-state index in [0.717, 1.165) is 24.8 Å². The summed E-state index contributed by atoms with van der Waals surface area (Å²) in [5.41, 5.74) is 2.90. The molecule has 0 bridgehead atoms. The minimum absolute atomic E-state index is 0.523. The van der Waals surface area contributed by atoms with E-state index in [1.807, 2.05) is 6.07 Å². The first-order valence-electron chi connectivity index (χ1n) is 4.56. The zero-order valence-electron chi connectivity index (χ0n) is 7.93. The van der Waals surface area contributed by atoms with Gasteiger partial charge in [0.25, 0.3) is 0 Å². The molecule has 1 aromatic rings. The number of ether oxygens (including phenoxy) is 1. The molecule has 0 fully saturated rings. The molecule has 0 unspecified atom stereocenters. The van der Waals surface area contributed by atoms with Crippen LogP contribution >= 0.6 is 11.6 Å². The molecule has 1 aromatic carbocycles. The number of nitriles is 1. The molecule has 0 N–H and O–H groups in total. The average molecular weight is 208 g/mol. The summed E-state index contributed by atoms with van der Waals surface area (Å²) in [5.74, 6) is 0.523. The van der Waals surface area contributed by atoms with Crippen LogP contribution < -0.4 is 4.74 Å². The Morgan fingerprint density at radius 1 is 1.50 bits per heavy atom. The molecule has 14 heavy (non-hydrogen) atoms. The van der Waals surface area contributed by atoms with Crippen LogP contribution in [0.2, 0.25) is 5.02 Å². The fourth-order valence-corrected chi connectivity index (χ4v) is 2.35. The lowest BCUT2D eigenvalue weighted by Gasteiger charge is -2.09. The van der Waals surface area contributed by atoms with E-state index in [9.17, 15) is 0 Å². The van der Waals surface area contributed by atoms with Gasteiger partial charge in [0.05, 0.1) is 17.7 Å². The third-order valence-corrected chi connectivity index (χ3v) is 3.01. The van der Waals surface area contributed by atoms with Crippen LogP contribution in [0.25, 0.3) is 0 Å². The molecular formula is C11H10ClNO. The van der Waals surface area contributed by atoms with Crippen molar-refractivity contribution in [3.05, 3.63) is 27.8 Å². The first-order chi connectivity index (χ1) is 6.77. The lowest BCUT2D eigenvalue weighted by molar-refractivity contribution is 0.413. The van der Waals surface area contributed by atoms with Crippen molar-refractivity contribution >= 4 is 11.6 Å². The second-order valence-electron chi connectivity index (χ2n) is 3.37. The molecule has 72 valence electrons. The van der Waals surface area contributed by atoms with Crippen molar-refractivity contribution < 1.29 is 4.74 Å². The molecule has 0 saturated heterocycles. The van der Waals surface area contributed by atoms with Gasteiger partial charge in [-0.2, -0.15) is 5.26 Å². The zero-order chi connectivity index (χ0) is 10.1. The van der Waals surface area contributed by atoms with Crippen LogP contribution in [0.3, 0.4) is 0 Å². The van der Waals surface area contributed by atoms with Crippen molar-refractivity contribution in [2.24, 2.45) is 0 Å². The van der Waals surface area contributed by atoms with E-state index in [2.05, 4.69) is 6.07 Å². The maximum absolute atomic E-state index is 8.92. The number of hydrogen-bond donors (Lipinski definition) is 0. The van der Waals surface area contributed by atoms with Gasteiger partial charge in [-0.15, -0.1) is 0 Å². The van der Waals surface area contributed by atoms with Crippen LogP contribution in [-0.2, 0) is 12.8 Å². The largest absolute Gasteiger partial charge is 0.494 e. The standard InChI is InChI=1S/C11H10ClNO/c1-14-11-8(6-13)5-7-3-2-4-9(7)10(11)12/h5H,2-4H2,1H3. The molecule has 1 aliphatic carbocycles. The van der Waals surface area contributed by atoms with Gasteiger partial charge in [-0.25, -0.2) is 0 Å². The first-order valence-corrected chi connectivity index (χ1v) is 4.94. The lowest BCUT2D eigenvalue weighted by Crippen LogP contribution is -1.94. The van der Waals surface area contributed by atoms with Gasteiger partial charge in [0.1, 0.15) is 6.07 Å². The van der Waals surface area contributed by atoms with Gasteiger partial charge in [0.2, 0.25) is 0 Å². The van der Waals surface area contributed by atoms with E-state index >= 15 is 0 Å². The van der Waals surface area contributed by atoms with Crippen LogP contribution in [0.15, 0.2) is 6.07 Å². The minimum Gasteiger partial charge on any atom is -0.494 e. The van der Waals surface area contributed by atoms with Crippen LogP contribution in [0.1, 0.15) is 23.1 Å². The van der Waals surface area contributed by atoms with E-state index in [4.69, 9.17) is 21.6 Å². The number of fused-ring (bicyclic) bond motifs is 1. The molecule has 0 amide bonds. The Morgan fingerprint density at radius 2 is 2.29 bits per heavy atom. The van der Waals surface area contributed by atoms with E-state index in [1.165, 1.54) is 5.56 Å². The normalized spacial score (nSPS) is 13.5. The van der Waals surface area contributed by atoms with Gasteiger partial charge < -0.3 is 4.74 Å². The fraction of sp³-hybridized carbons (Fsp3) is 0.364. The number of nitrogens with zero attached hydrogens (tertiary/aromatic N) is 1. The SMILES string of the molecule is COc1c(C#N)cc2c(c1Cl)CCC2. The van der Waals surface area contributed by atoms with Crippen LogP contribution in [0.5, 0.6) is 5.75 Å². The molecule has 0 radical (unpaired) electrons. The molecule has 0 aliphatic heterocycles. The summed E-state index contributed by atoms with van der Waals surface area (Å²) in [5, 5.41) is 9.54. The van der Waals surface area contributed by atoms with Crippen molar-refractivity contribution in [1.29, 1.82) is 5.26 Å². The Kier molecular flexibility index (Phi) is 2.35. The number of methoxy groups -OCH3 is 1. The average Bonchev–Trinajstić information content (AvgIpc) is 2.65. The minimum atomic E-state index is 0.523. The summed E-state index contributed by atoms with van der Waals surface area (Å²) < 4.78 is 5.14. The Labute approximate surface area is 88.1 Å². The monoisotopic (exact) mass is 207 g/mol. The van der Waals surface area contributed by atoms with Crippen molar-refractivity contribution in [1.82, 2.24) is 0 Å². The predicted molar refractivity (Wildman–Crippen MR) is 54.7 cm³/mol. The van der Waals surface area contributed by atoms with Gasteiger partial charge in [0.15, 0.2) is 5.75 Å². The maximum atomic E-state index is 8.92. The number of hydrogen-bond acceptors (Lipinski definition) is 2. The quantitative estimate of drug-likeness (QED) is 0.710. The molecule has 2 nitrogen and oxygen atoms in total. The van der Waals surface area contributed by atoms with E-state index < -0.39 is 0 Å². The van der Waals surface area contributed by atoms with Gasteiger partial charge in [-0.3, -0.25) is 0 Å². The molecule has 0 spiro atoms. The van der Waals surface area contributed by atoms with Crippen molar-refractivity contribution in [3.63, 3.8) is 0 Å². The Morgan fingerprint density at radius 3 is 2.93 bits per heavy atom. The molecule has 3 heteroatoms. The second-order valence-corrected chi connectivity index (χ2v) is 3.75. The molecule has 0 aromatic heterocycles. The Hall–Kier alpha value is -1.20. The third kappa shape index (κ3) is 1.25. The molecule has 0 heterocycles. The van der Waals surface area contributed by atoms with Gasteiger partial charge in [0, 0.05) is 0 Å². The van der Waals surface area contributed by atoms with Crippen LogP contribution in [0.4, 0.5) is 0 Å². The van der Waals surface area contributed by atoms with Gasteiger partial charge in [-0.1, -0.05) is 11.6 Å². The van der Waals surface area contributed by atoms with Crippen molar-refractivity contribution in [3.8, 4) is 11.8 Å². The van der Waals surface area contributed by atoms with Crippen LogP contribution in [0, 0.1) is 11.3 Å². The smallest absolute Gasteiger partial charge is 0.155 e. The molecule has 0 atom stereocenters.